The van der Waals surface area contributed by atoms with Gasteiger partial charge in [-0.15, -0.1) is 12.4 Å². The second kappa shape index (κ2) is 7.65. The fraction of sp³-hybridized carbons (Fsp3) is 0.300. The molecule has 0 amide bonds. The third-order valence-corrected chi connectivity index (χ3v) is 2.77. The van der Waals surface area contributed by atoms with Gasteiger partial charge in [0, 0.05) is 5.75 Å². The molecule has 0 aliphatic carbocycles. The van der Waals surface area contributed by atoms with Crippen LogP contribution in [-0.4, -0.2) is 11.8 Å². The molecule has 3 N–H and O–H groups in total. The molecule has 0 spiro atoms. The van der Waals surface area contributed by atoms with Crippen molar-refractivity contribution in [1.82, 2.24) is 0 Å². The van der Waals surface area contributed by atoms with Gasteiger partial charge in [0.2, 0.25) is 0 Å². The van der Waals surface area contributed by atoms with E-state index in [9.17, 15) is 0 Å². The van der Waals surface area contributed by atoms with E-state index >= 15 is 0 Å². The molecule has 90 valence electrons. The van der Waals surface area contributed by atoms with E-state index in [1.54, 1.807) is 0 Å². The molecule has 6 heteroatoms. The average molecular weight is 281 g/mol. The summed E-state index contributed by atoms with van der Waals surface area (Å²) < 4.78 is 5.31. The number of rotatable bonds is 4. The molecular formula is C10H14Cl2N2OS. The van der Waals surface area contributed by atoms with Crippen molar-refractivity contribution in [2.75, 3.05) is 6.61 Å². The summed E-state index contributed by atoms with van der Waals surface area (Å²) in [5.74, 6) is 1.34. The van der Waals surface area contributed by atoms with Crippen molar-refractivity contribution < 1.29 is 4.74 Å². The van der Waals surface area contributed by atoms with Gasteiger partial charge in [-0.1, -0.05) is 29.4 Å². The van der Waals surface area contributed by atoms with Crippen molar-refractivity contribution in [1.29, 1.82) is 5.41 Å². The third-order valence-electron chi connectivity index (χ3n) is 1.69. The van der Waals surface area contributed by atoms with E-state index in [-0.39, 0.29) is 17.6 Å². The number of hydrogen-bond acceptors (Lipinski definition) is 3. The summed E-state index contributed by atoms with van der Waals surface area (Å²) in [5.41, 5.74) is 6.28. The fourth-order valence-corrected chi connectivity index (χ4v) is 1.83. The first-order valence-electron chi connectivity index (χ1n) is 4.51. The Morgan fingerprint density at radius 3 is 2.75 bits per heavy atom. The fourth-order valence-electron chi connectivity index (χ4n) is 1.07. The first-order valence-corrected chi connectivity index (χ1v) is 5.88. The predicted octanol–water partition coefficient (Wildman–Crippen LogP) is 3.29. The molecule has 1 aromatic rings. The van der Waals surface area contributed by atoms with Gasteiger partial charge in [-0.25, -0.2) is 0 Å². The predicted molar refractivity (Wildman–Crippen MR) is 73.1 cm³/mol. The molecule has 0 atom stereocenters. The summed E-state index contributed by atoms with van der Waals surface area (Å²) in [4.78, 5) is 0. The molecule has 0 bridgehead atoms. The normalized spacial score (nSPS) is 9.38. The van der Waals surface area contributed by atoms with Crippen LogP contribution in [0.4, 0.5) is 0 Å². The summed E-state index contributed by atoms with van der Waals surface area (Å²) in [6.45, 7) is 2.51. The number of thioether (sulfide) groups is 1. The van der Waals surface area contributed by atoms with Crippen molar-refractivity contribution in [3.63, 3.8) is 0 Å². The number of nitrogens with two attached hydrogens (primary N) is 1. The average Bonchev–Trinajstić information content (AvgIpc) is 2.19. The molecule has 0 saturated carbocycles. The Morgan fingerprint density at radius 1 is 1.56 bits per heavy atom. The Morgan fingerprint density at radius 2 is 2.25 bits per heavy atom. The third kappa shape index (κ3) is 4.96. The van der Waals surface area contributed by atoms with Crippen LogP contribution in [-0.2, 0) is 5.75 Å². The monoisotopic (exact) mass is 280 g/mol. The highest BCUT2D eigenvalue weighted by atomic mass is 35.5. The first kappa shape index (κ1) is 15.4. The molecule has 0 aliphatic heterocycles. The van der Waals surface area contributed by atoms with Gasteiger partial charge < -0.3 is 10.5 Å². The molecule has 3 nitrogen and oxygen atoms in total. The number of ether oxygens (including phenoxy) is 1. The zero-order valence-corrected chi connectivity index (χ0v) is 11.2. The van der Waals surface area contributed by atoms with E-state index < -0.39 is 0 Å². The standard InChI is InChI=1S/C10H13ClN2OS.ClH/c1-2-14-9-4-3-7(5-8(9)11)6-15-10(12)13;/h3-5H,2,6H2,1H3,(H3,12,13);1H. The highest BCUT2D eigenvalue weighted by Gasteiger charge is 2.03. The number of hydrogen-bond donors (Lipinski definition) is 2. The maximum atomic E-state index is 7.09. The Labute approximate surface area is 111 Å². The zero-order chi connectivity index (χ0) is 11.3. The van der Waals surface area contributed by atoms with Gasteiger partial charge in [0.1, 0.15) is 5.75 Å². The smallest absolute Gasteiger partial charge is 0.151 e. The minimum absolute atomic E-state index is 0. The Hall–Kier alpha value is -0.580. The van der Waals surface area contributed by atoms with E-state index in [2.05, 4.69) is 0 Å². The minimum Gasteiger partial charge on any atom is -0.492 e. The van der Waals surface area contributed by atoms with Crippen LogP contribution >= 0.6 is 35.8 Å². The number of amidine groups is 1. The second-order valence-electron chi connectivity index (χ2n) is 2.85. The van der Waals surface area contributed by atoms with Crippen LogP contribution in [0.2, 0.25) is 5.02 Å². The molecule has 0 heterocycles. The van der Waals surface area contributed by atoms with Gasteiger partial charge >= 0.3 is 0 Å². The van der Waals surface area contributed by atoms with Crippen LogP contribution in [0, 0.1) is 5.41 Å². The van der Waals surface area contributed by atoms with Crippen molar-refractivity contribution in [2.45, 2.75) is 12.7 Å². The maximum Gasteiger partial charge on any atom is 0.151 e. The van der Waals surface area contributed by atoms with Crippen LogP contribution in [0.15, 0.2) is 18.2 Å². The van der Waals surface area contributed by atoms with Gasteiger partial charge in [0.25, 0.3) is 0 Å². The van der Waals surface area contributed by atoms with Crippen LogP contribution in [0.25, 0.3) is 0 Å². The van der Waals surface area contributed by atoms with Crippen molar-refractivity contribution in [3.8, 4) is 5.75 Å². The van der Waals surface area contributed by atoms with Crippen molar-refractivity contribution in [3.05, 3.63) is 28.8 Å². The Bertz CT molecular complexity index is 361. The summed E-state index contributed by atoms with van der Waals surface area (Å²) >= 11 is 7.28. The largest absolute Gasteiger partial charge is 0.492 e. The number of nitrogens with one attached hydrogen (secondary N) is 1. The molecular weight excluding hydrogens is 267 g/mol. The Kier molecular flexibility index (Phi) is 7.38. The highest BCUT2D eigenvalue weighted by molar-refractivity contribution is 8.13. The van der Waals surface area contributed by atoms with Gasteiger partial charge in [-0.05, 0) is 24.6 Å². The molecule has 0 fully saturated rings. The lowest BCUT2D eigenvalue weighted by molar-refractivity contribution is 0.340. The van der Waals surface area contributed by atoms with Gasteiger partial charge in [0.05, 0.1) is 11.6 Å². The summed E-state index contributed by atoms with van der Waals surface area (Å²) in [7, 11) is 0. The maximum absolute atomic E-state index is 7.09. The molecule has 0 radical (unpaired) electrons. The number of benzene rings is 1. The molecule has 0 aliphatic rings. The first-order chi connectivity index (χ1) is 7.13. The summed E-state index contributed by atoms with van der Waals surface area (Å²) in [6, 6.07) is 5.59. The SMILES string of the molecule is CCOc1ccc(CSC(=N)N)cc1Cl.Cl. The highest BCUT2D eigenvalue weighted by Crippen LogP contribution is 2.26. The van der Waals surface area contributed by atoms with Gasteiger partial charge in [0.15, 0.2) is 5.17 Å². The quantitative estimate of drug-likeness (QED) is 0.657. The molecule has 1 rings (SSSR count). The summed E-state index contributed by atoms with van der Waals surface area (Å²) in [6.07, 6.45) is 0. The lowest BCUT2D eigenvalue weighted by Crippen LogP contribution is -2.03. The van der Waals surface area contributed by atoms with Crippen LogP contribution in [0.3, 0.4) is 0 Å². The molecule has 16 heavy (non-hydrogen) atoms. The van der Waals surface area contributed by atoms with E-state index in [1.165, 1.54) is 11.8 Å². The van der Waals surface area contributed by atoms with Gasteiger partial charge in [-0.3, -0.25) is 5.41 Å². The topological polar surface area (TPSA) is 59.1 Å². The molecule has 0 unspecified atom stereocenters. The zero-order valence-electron chi connectivity index (χ0n) is 8.83. The molecule has 1 aromatic carbocycles. The van der Waals surface area contributed by atoms with E-state index in [0.717, 1.165) is 5.56 Å². The summed E-state index contributed by atoms with van der Waals surface area (Å²) in [5, 5.41) is 7.80. The van der Waals surface area contributed by atoms with Gasteiger partial charge in [-0.2, -0.15) is 0 Å². The van der Waals surface area contributed by atoms with E-state index in [0.29, 0.717) is 23.1 Å². The van der Waals surface area contributed by atoms with E-state index in [4.69, 9.17) is 27.5 Å². The Balaban J connectivity index is 0.00000225. The molecule has 0 aromatic heterocycles. The van der Waals surface area contributed by atoms with E-state index in [1.807, 2.05) is 25.1 Å². The molecule has 0 saturated heterocycles. The number of halogens is 2. The van der Waals surface area contributed by atoms with Crippen LogP contribution < -0.4 is 10.5 Å². The van der Waals surface area contributed by atoms with Crippen molar-refractivity contribution in [2.24, 2.45) is 5.73 Å². The lowest BCUT2D eigenvalue weighted by Gasteiger charge is -2.07. The minimum atomic E-state index is 0. The van der Waals surface area contributed by atoms with Crippen molar-refractivity contribution >= 4 is 40.9 Å². The lowest BCUT2D eigenvalue weighted by atomic mass is 10.2. The second-order valence-corrected chi connectivity index (χ2v) is 4.28. The van der Waals surface area contributed by atoms with Crippen LogP contribution in [0.5, 0.6) is 5.75 Å². The van der Waals surface area contributed by atoms with Crippen LogP contribution in [0.1, 0.15) is 12.5 Å².